The quantitative estimate of drug-likeness (QED) is 0.785. The molecule has 14 heavy (non-hydrogen) atoms. The Labute approximate surface area is 83.3 Å². The van der Waals surface area contributed by atoms with E-state index in [9.17, 15) is 4.39 Å². The molecule has 0 amide bonds. The Bertz CT molecular complexity index is 308. The topological polar surface area (TPSA) is 38.9 Å². The van der Waals surface area contributed by atoms with Crippen LogP contribution in [0.15, 0.2) is 18.3 Å². The van der Waals surface area contributed by atoms with Crippen LogP contribution >= 0.6 is 0 Å². The number of hydrogen-bond acceptors (Lipinski definition) is 2. The Balaban J connectivity index is 2.17. The van der Waals surface area contributed by atoms with E-state index in [1.165, 1.54) is 18.9 Å². The smallest absolute Gasteiger partial charge is 0.146 e. The third kappa shape index (κ3) is 1.77. The lowest BCUT2D eigenvalue weighted by atomic mass is 9.95. The minimum Gasteiger partial charge on any atom is -0.322 e. The molecule has 2 N–H and O–H groups in total. The third-order valence-corrected chi connectivity index (χ3v) is 3.01. The van der Waals surface area contributed by atoms with Crippen molar-refractivity contribution in [3.63, 3.8) is 0 Å². The van der Waals surface area contributed by atoms with Crippen LogP contribution in [0.1, 0.15) is 37.4 Å². The minimum atomic E-state index is -0.271. The SMILES string of the molecule is NC(c1ncccc1F)C1CCCC1. The number of nitrogens with two attached hydrogens (primary N) is 1. The van der Waals surface area contributed by atoms with Crippen molar-refractivity contribution >= 4 is 0 Å². The predicted octanol–water partition coefficient (Wildman–Crippen LogP) is 2.41. The van der Waals surface area contributed by atoms with E-state index in [4.69, 9.17) is 5.73 Å². The summed E-state index contributed by atoms with van der Waals surface area (Å²) in [5, 5.41) is 0. The summed E-state index contributed by atoms with van der Waals surface area (Å²) in [5.74, 6) is 0.145. The van der Waals surface area contributed by atoms with E-state index < -0.39 is 0 Å². The number of halogens is 1. The number of hydrogen-bond donors (Lipinski definition) is 1. The van der Waals surface area contributed by atoms with Crippen LogP contribution in [0.3, 0.4) is 0 Å². The Hall–Kier alpha value is -0.960. The van der Waals surface area contributed by atoms with Crippen LogP contribution in [0, 0.1) is 11.7 Å². The number of rotatable bonds is 2. The van der Waals surface area contributed by atoms with Gasteiger partial charge >= 0.3 is 0 Å². The summed E-state index contributed by atoms with van der Waals surface area (Å²) in [6, 6.07) is 2.80. The van der Waals surface area contributed by atoms with Gasteiger partial charge in [0.25, 0.3) is 0 Å². The van der Waals surface area contributed by atoms with Gasteiger partial charge in [-0.2, -0.15) is 0 Å². The molecule has 3 heteroatoms. The highest BCUT2D eigenvalue weighted by atomic mass is 19.1. The van der Waals surface area contributed by atoms with Crippen molar-refractivity contribution < 1.29 is 4.39 Å². The zero-order valence-corrected chi connectivity index (χ0v) is 8.12. The molecule has 1 saturated carbocycles. The first-order valence-corrected chi connectivity index (χ1v) is 5.15. The molecule has 1 aliphatic rings. The summed E-state index contributed by atoms with van der Waals surface area (Å²) < 4.78 is 13.4. The zero-order chi connectivity index (χ0) is 9.97. The van der Waals surface area contributed by atoms with Gasteiger partial charge in [0.05, 0.1) is 11.7 Å². The molecule has 1 fully saturated rings. The molecular weight excluding hydrogens is 179 g/mol. The van der Waals surface area contributed by atoms with E-state index in [1.807, 2.05) is 0 Å². The number of nitrogens with zero attached hydrogens (tertiary/aromatic N) is 1. The largest absolute Gasteiger partial charge is 0.322 e. The maximum absolute atomic E-state index is 13.4. The van der Waals surface area contributed by atoms with Crippen LogP contribution in [0.2, 0.25) is 0 Å². The fourth-order valence-electron chi connectivity index (χ4n) is 2.18. The van der Waals surface area contributed by atoms with E-state index in [1.54, 1.807) is 12.3 Å². The number of pyridine rings is 1. The van der Waals surface area contributed by atoms with Gasteiger partial charge in [-0.25, -0.2) is 4.39 Å². The second kappa shape index (κ2) is 4.05. The van der Waals surface area contributed by atoms with Crippen LogP contribution in [-0.4, -0.2) is 4.98 Å². The second-order valence-electron chi connectivity index (χ2n) is 3.94. The van der Waals surface area contributed by atoms with Crippen molar-refractivity contribution in [1.82, 2.24) is 4.98 Å². The maximum atomic E-state index is 13.4. The molecule has 1 aliphatic carbocycles. The molecule has 0 bridgehead atoms. The third-order valence-electron chi connectivity index (χ3n) is 3.01. The van der Waals surface area contributed by atoms with Gasteiger partial charge in [-0.1, -0.05) is 12.8 Å². The first-order valence-electron chi connectivity index (χ1n) is 5.15. The lowest BCUT2D eigenvalue weighted by Crippen LogP contribution is -2.21. The van der Waals surface area contributed by atoms with Gasteiger partial charge in [0.1, 0.15) is 5.82 Å². The van der Waals surface area contributed by atoms with Crippen LogP contribution in [0.25, 0.3) is 0 Å². The van der Waals surface area contributed by atoms with Crippen molar-refractivity contribution in [3.05, 3.63) is 29.8 Å². The van der Waals surface area contributed by atoms with Crippen molar-refractivity contribution in [2.45, 2.75) is 31.7 Å². The summed E-state index contributed by atoms with van der Waals surface area (Å²) in [5.41, 5.74) is 6.43. The molecule has 1 unspecified atom stereocenters. The molecule has 0 saturated heterocycles. The molecule has 2 rings (SSSR count). The normalized spacial score (nSPS) is 19.9. The summed E-state index contributed by atoms with van der Waals surface area (Å²) in [6.07, 6.45) is 6.25. The Morgan fingerprint density at radius 2 is 2.14 bits per heavy atom. The van der Waals surface area contributed by atoms with Crippen molar-refractivity contribution in [1.29, 1.82) is 0 Å². The highest BCUT2D eigenvalue weighted by Gasteiger charge is 2.25. The molecule has 0 radical (unpaired) electrons. The lowest BCUT2D eigenvalue weighted by Gasteiger charge is -2.18. The molecule has 1 heterocycles. The van der Waals surface area contributed by atoms with Gasteiger partial charge in [0, 0.05) is 6.20 Å². The lowest BCUT2D eigenvalue weighted by molar-refractivity contribution is 0.419. The molecule has 0 spiro atoms. The first-order chi connectivity index (χ1) is 6.79. The summed E-state index contributed by atoms with van der Waals surface area (Å²) in [4.78, 5) is 4.02. The molecule has 1 atom stereocenters. The average Bonchev–Trinajstić information content (AvgIpc) is 2.70. The van der Waals surface area contributed by atoms with E-state index in [0.29, 0.717) is 11.6 Å². The van der Waals surface area contributed by atoms with Crippen molar-refractivity contribution in [3.8, 4) is 0 Å². The standard InChI is InChI=1S/C11H15FN2/c12-9-6-3-7-14-11(9)10(13)8-4-1-2-5-8/h3,6-8,10H,1-2,4-5,13H2. The Kier molecular flexibility index (Phi) is 2.77. The fraction of sp³-hybridized carbons (Fsp3) is 0.545. The first kappa shape index (κ1) is 9.59. The second-order valence-corrected chi connectivity index (χ2v) is 3.94. The molecule has 0 aromatic carbocycles. The van der Waals surface area contributed by atoms with Gasteiger partial charge in [0.15, 0.2) is 0 Å². The summed E-state index contributed by atoms with van der Waals surface area (Å²) in [6.45, 7) is 0. The average molecular weight is 194 g/mol. The van der Waals surface area contributed by atoms with Gasteiger partial charge in [0.2, 0.25) is 0 Å². The maximum Gasteiger partial charge on any atom is 0.146 e. The fourth-order valence-corrected chi connectivity index (χ4v) is 2.18. The van der Waals surface area contributed by atoms with E-state index in [0.717, 1.165) is 12.8 Å². The monoisotopic (exact) mass is 194 g/mol. The van der Waals surface area contributed by atoms with Crippen LogP contribution in [0.4, 0.5) is 4.39 Å². The molecule has 0 aliphatic heterocycles. The van der Waals surface area contributed by atoms with Crippen molar-refractivity contribution in [2.24, 2.45) is 11.7 Å². The Morgan fingerprint density at radius 1 is 1.43 bits per heavy atom. The van der Waals surface area contributed by atoms with Crippen LogP contribution in [0.5, 0.6) is 0 Å². The summed E-state index contributed by atoms with van der Waals surface area (Å²) >= 11 is 0. The van der Waals surface area contributed by atoms with Gasteiger partial charge in [-0.15, -0.1) is 0 Å². The van der Waals surface area contributed by atoms with Crippen LogP contribution in [-0.2, 0) is 0 Å². The van der Waals surface area contributed by atoms with E-state index >= 15 is 0 Å². The molecule has 2 nitrogen and oxygen atoms in total. The predicted molar refractivity (Wildman–Crippen MR) is 53.1 cm³/mol. The van der Waals surface area contributed by atoms with E-state index in [-0.39, 0.29) is 11.9 Å². The van der Waals surface area contributed by atoms with Gasteiger partial charge in [-0.05, 0) is 30.9 Å². The number of aromatic nitrogens is 1. The van der Waals surface area contributed by atoms with E-state index in [2.05, 4.69) is 4.98 Å². The highest BCUT2D eigenvalue weighted by molar-refractivity contribution is 5.12. The molecule has 1 aromatic rings. The molecular formula is C11H15FN2. The van der Waals surface area contributed by atoms with Crippen molar-refractivity contribution in [2.75, 3.05) is 0 Å². The highest BCUT2D eigenvalue weighted by Crippen LogP contribution is 2.33. The summed E-state index contributed by atoms with van der Waals surface area (Å²) in [7, 11) is 0. The van der Waals surface area contributed by atoms with Gasteiger partial charge < -0.3 is 5.73 Å². The minimum absolute atomic E-state index is 0.223. The molecule has 76 valence electrons. The molecule has 1 aromatic heterocycles. The Morgan fingerprint density at radius 3 is 2.79 bits per heavy atom. The zero-order valence-electron chi connectivity index (χ0n) is 8.12. The van der Waals surface area contributed by atoms with Gasteiger partial charge in [-0.3, -0.25) is 4.98 Å². The van der Waals surface area contributed by atoms with Crippen LogP contribution < -0.4 is 5.73 Å².